The number of rotatable bonds is 6. The molecule has 2 atom stereocenters. The van der Waals surface area contributed by atoms with Crippen molar-refractivity contribution in [3.05, 3.63) is 29.3 Å². The molecule has 0 bridgehead atoms. The number of benzene rings is 1. The van der Waals surface area contributed by atoms with Gasteiger partial charge < -0.3 is 5.11 Å². The van der Waals surface area contributed by atoms with Gasteiger partial charge in [0.05, 0.1) is 0 Å². The number of hydrogen-bond acceptors (Lipinski definition) is 1. The van der Waals surface area contributed by atoms with Crippen LogP contribution in [0.2, 0.25) is 0 Å². The Bertz CT molecular complexity index is 477. The predicted octanol–water partition coefficient (Wildman–Crippen LogP) is 6.43. The Morgan fingerprint density at radius 3 is 1.95 bits per heavy atom. The zero-order chi connectivity index (χ0) is 17.1. The Hall–Kier alpha value is -0.980. The van der Waals surface area contributed by atoms with E-state index >= 15 is 0 Å². The quantitative estimate of drug-likeness (QED) is 0.642. The van der Waals surface area contributed by atoms with Gasteiger partial charge in [0.15, 0.2) is 0 Å². The molecule has 0 fully saturated rings. The van der Waals surface area contributed by atoms with Gasteiger partial charge in [-0.05, 0) is 52.7 Å². The maximum Gasteiger partial charge on any atom is 0.119 e. The average Bonchev–Trinajstić information content (AvgIpc) is 2.48. The number of phenols is 1. The van der Waals surface area contributed by atoms with Crippen molar-refractivity contribution in [3.63, 3.8) is 0 Å². The molecule has 1 nitrogen and oxygen atoms in total. The van der Waals surface area contributed by atoms with Gasteiger partial charge in [0.2, 0.25) is 0 Å². The molecule has 1 aromatic rings. The third-order valence-electron chi connectivity index (χ3n) is 6.01. The molecule has 0 amide bonds. The van der Waals surface area contributed by atoms with Crippen LogP contribution in [-0.2, 0) is 10.8 Å². The second kappa shape index (κ2) is 7.06. The highest BCUT2D eigenvalue weighted by atomic mass is 16.3. The summed E-state index contributed by atoms with van der Waals surface area (Å²) in [5.74, 6) is 1.75. The first-order valence-corrected chi connectivity index (χ1v) is 8.98. The van der Waals surface area contributed by atoms with Crippen LogP contribution in [0.3, 0.4) is 0 Å². The lowest BCUT2D eigenvalue weighted by atomic mass is 9.62. The van der Waals surface area contributed by atoms with Crippen molar-refractivity contribution in [1.82, 2.24) is 0 Å². The predicted molar refractivity (Wildman–Crippen MR) is 97.7 cm³/mol. The van der Waals surface area contributed by atoms with E-state index in [1.807, 2.05) is 6.07 Å². The molecule has 22 heavy (non-hydrogen) atoms. The highest BCUT2D eigenvalue weighted by molar-refractivity contribution is 5.43. The van der Waals surface area contributed by atoms with Crippen molar-refractivity contribution in [3.8, 4) is 5.75 Å². The second-order valence-corrected chi connectivity index (χ2v) is 8.02. The fourth-order valence-electron chi connectivity index (χ4n) is 3.91. The molecule has 1 N–H and O–H groups in total. The van der Waals surface area contributed by atoms with Crippen LogP contribution in [0.4, 0.5) is 0 Å². The Labute approximate surface area is 138 Å². The van der Waals surface area contributed by atoms with Gasteiger partial charge in [0.25, 0.3) is 0 Å². The van der Waals surface area contributed by atoms with Gasteiger partial charge in [-0.25, -0.2) is 0 Å². The van der Waals surface area contributed by atoms with E-state index in [4.69, 9.17) is 0 Å². The van der Waals surface area contributed by atoms with Crippen LogP contribution >= 0.6 is 0 Å². The molecule has 0 radical (unpaired) electrons. The van der Waals surface area contributed by atoms with Crippen molar-refractivity contribution in [1.29, 1.82) is 0 Å². The molecule has 0 saturated carbocycles. The van der Waals surface area contributed by atoms with Crippen LogP contribution in [0, 0.1) is 11.8 Å². The Morgan fingerprint density at radius 1 is 1.00 bits per heavy atom. The first kappa shape index (κ1) is 19.1. The largest absolute Gasteiger partial charge is 0.508 e. The molecule has 0 spiro atoms. The lowest BCUT2D eigenvalue weighted by Crippen LogP contribution is -2.36. The summed E-state index contributed by atoms with van der Waals surface area (Å²) < 4.78 is 0. The van der Waals surface area contributed by atoms with Crippen LogP contribution in [0.25, 0.3) is 0 Å². The minimum atomic E-state index is -0.0348. The Kier molecular flexibility index (Phi) is 6.12. The fraction of sp³-hybridized carbons (Fsp3) is 0.714. The van der Waals surface area contributed by atoms with Crippen LogP contribution in [-0.4, -0.2) is 5.11 Å². The third-order valence-corrected chi connectivity index (χ3v) is 6.01. The highest BCUT2D eigenvalue weighted by Crippen LogP contribution is 2.45. The lowest BCUT2D eigenvalue weighted by molar-refractivity contribution is 0.191. The summed E-state index contributed by atoms with van der Waals surface area (Å²) in [6.07, 6.45) is 3.50. The van der Waals surface area contributed by atoms with Crippen molar-refractivity contribution < 1.29 is 5.11 Å². The molecule has 1 aromatic carbocycles. The number of hydrogen-bond donors (Lipinski definition) is 1. The van der Waals surface area contributed by atoms with Gasteiger partial charge in [-0.3, -0.25) is 0 Å². The molecule has 1 rings (SSSR count). The molecule has 0 saturated heterocycles. The smallest absolute Gasteiger partial charge is 0.119 e. The SMILES string of the molecule is CCC(C)C(C)C(CC)(CC)c1ccc(O)c(C(C)(C)C)c1. The fourth-order valence-corrected chi connectivity index (χ4v) is 3.91. The monoisotopic (exact) mass is 304 g/mol. The first-order valence-electron chi connectivity index (χ1n) is 8.98. The van der Waals surface area contributed by atoms with Crippen LogP contribution < -0.4 is 0 Å². The lowest BCUT2D eigenvalue weighted by Gasteiger charge is -2.42. The molecular formula is C21H36O. The molecule has 0 aromatic heterocycles. The first-order chi connectivity index (χ1) is 10.1. The van der Waals surface area contributed by atoms with Crippen molar-refractivity contribution in [2.24, 2.45) is 11.8 Å². The number of aromatic hydroxyl groups is 1. The van der Waals surface area contributed by atoms with Crippen LogP contribution in [0.5, 0.6) is 5.75 Å². The standard InChI is InChI=1S/C21H36O/c1-9-15(4)16(5)21(10-2,11-3)17-12-13-19(22)18(14-17)20(6,7)8/h12-16,22H,9-11H2,1-8H3. The maximum absolute atomic E-state index is 10.3. The molecule has 0 aliphatic carbocycles. The van der Waals surface area contributed by atoms with Crippen molar-refractivity contribution in [2.45, 2.75) is 85.5 Å². The van der Waals surface area contributed by atoms with Gasteiger partial charge in [0, 0.05) is 0 Å². The summed E-state index contributed by atoms with van der Waals surface area (Å²) >= 11 is 0. The average molecular weight is 305 g/mol. The van der Waals surface area contributed by atoms with Crippen LogP contribution in [0.15, 0.2) is 18.2 Å². The Balaban J connectivity index is 3.45. The van der Waals surface area contributed by atoms with Gasteiger partial charge in [-0.15, -0.1) is 0 Å². The minimum absolute atomic E-state index is 0.0348. The zero-order valence-electron chi connectivity index (χ0n) is 16.0. The minimum Gasteiger partial charge on any atom is -0.508 e. The summed E-state index contributed by atoms with van der Waals surface area (Å²) in [7, 11) is 0. The highest BCUT2D eigenvalue weighted by Gasteiger charge is 2.37. The van der Waals surface area contributed by atoms with E-state index in [9.17, 15) is 5.11 Å². The van der Waals surface area contributed by atoms with E-state index in [0.717, 1.165) is 18.4 Å². The second-order valence-electron chi connectivity index (χ2n) is 8.02. The van der Waals surface area contributed by atoms with Gasteiger partial charge in [-0.1, -0.05) is 73.9 Å². The summed E-state index contributed by atoms with van der Waals surface area (Å²) in [4.78, 5) is 0. The zero-order valence-corrected chi connectivity index (χ0v) is 16.0. The molecule has 0 aliphatic rings. The molecule has 0 aliphatic heterocycles. The Morgan fingerprint density at radius 2 is 1.55 bits per heavy atom. The molecule has 126 valence electrons. The molecule has 0 heterocycles. The molecule has 2 unspecified atom stereocenters. The topological polar surface area (TPSA) is 20.2 Å². The molecular weight excluding hydrogens is 268 g/mol. The van der Waals surface area contributed by atoms with E-state index < -0.39 is 0 Å². The van der Waals surface area contributed by atoms with Crippen molar-refractivity contribution in [2.75, 3.05) is 0 Å². The third kappa shape index (κ3) is 3.50. The van der Waals surface area contributed by atoms with E-state index in [0.29, 0.717) is 17.6 Å². The number of phenolic OH excluding ortho intramolecular Hbond substituents is 1. The van der Waals surface area contributed by atoms with Crippen molar-refractivity contribution >= 4 is 0 Å². The van der Waals surface area contributed by atoms with E-state index in [1.165, 1.54) is 12.0 Å². The van der Waals surface area contributed by atoms with Crippen LogP contribution in [0.1, 0.15) is 85.8 Å². The summed E-state index contributed by atoms with van der Waals surface area (Å²) in [5.41, 5.74) is 2.62. The molecule has 1 heteroatoms. The van der Waals surface area contributed by atoms with Gasteiger partial charge in [-0.2, -0.15) is 0 Å². The summed E-state index contributed by atoms with van der Waals surface area (Å²) in [6.45, 7) is 18.2. The van der Waals surface area contributed by atoms with E-state index in [2.05, 4.69) is 67.5 Å². The van der Waals surface area contributed by atoms with Gasteiger partial charge in [0.1, 0.15) is 5.75 Å². The maximum atomic E-state index is 10.3. The normalized spacial score (nSPS) is 15.6. The van der Waals surface area contributed by atoms with Gasteiger partial charge >= 0.3 is 0 Å². The summed E-state index contributed by atoms with van der Waals surface area (Å²) in [6, 6.07) is 6.32. The van der Waals surface area contributed by atoms with E-state index in [1.54, 1.807) is 0 Å². The van der Waals surface area contributed by atoms with E-state index in [-0.39, 0.29) is 10.8 Å². The summed E-state index contributed by atoms with van der Waals surface area (Å²) in [5, 5.41) is 10.3.